The number of anilines is 1. The fraction of sp³-hybridized carbons (Fsp3) is 0.200. The van der Waals surface area contributed by atoms with Gasteiger partial charge in [0.1, 0.15) is 5.82 Å². The minimum Gasteiger partial charge on any atom is -0.478 e. The van der Waals surface area contributed by atoms with Gasteiger partial charge in [-0.05, 0) is 13.0 Å². The summed E-state index contributed by atoms with van der Waals surface area (Å²) in [5, 5.41) is 11.9. The van der Waals surface area contributed by atoms with Gasteiger partial charge >= 0.3 is 5.97 Å². The standard InChI is InChI=1S/C10H11ClN2O2/c1-6(2)4-12-9-8(11)3-7(5-13-9)10(14)15/h3,5H,1,4H2,2H3,(H,12,13)(H,14,15). The summed E-state index contributed by atoms with van der Waals surface area (Å²) in [5.41, 5.74) is 1.01. The molecule has 2 N–H and O–H groups in total. The predicted octanol–water partition coefficient (Wildman–Crippen LogP) is 2.42. The Morgan fingerprint density at radius 2 is 2.40 bits per heavy atom. The highest BCUT2D eigenvalue weighted by Crippen LogP contribution is 2.20. The number of rotatable bonds is 4. The number of carboxylic acid groups (broad SMARTS) is 1. The van der Waals surface area contributed by atoms with Gasteiger partial charge in [0.25, 0.3) is 0 Å². The summed E-state index contributed by atoms with van der Waals surface area (Å²) < 4.78 is 0. The van der Waals surface area contributed by atoms with Crippen LogP contribution in [0.5, 0.6) is 0 Å². The molecule has 15 heavy (non-hydrogen) atoms. The van der Waals surface area contributed by atoms with E-state index in [9.17, 15) is 4.79 Å². The third-order valence-electron chi connectivity index (χ3n) is 1.65. The second-order valence-electron chi connectivity index (χ2n) is 3.17. The number of pyridine rings is 1. The van der Waals surface area contributed by atoms with Crippen molar-refractivity contribution in [1.29, 1.82) is 0 Å². The summed E-state index contributed by atoms with van der Waals surface area (Å²) in [6.07, 6.45) is 1.26. The van der Waals surface area contributed by atoms with Crippen molar-refractivity contribution in [2.75, 3.05) is 11.9 Å². The average Bonchev–Trinajstić information content (AvgIpc) is 2.15. The van der Waals surface area contributed by atoms with Gasteiger partial charge in [0.05, 0.1) is 10.6 Å². The van der Waals surface area contributed by atoms with Gasteiger partial charge in [-0.2, -0.15) is 0 Å². The number of hydrogen-bond acceptors (Lipinski definition) is 3. The van der Waals surface area contributed by atoms with Crippen molar-refractivity contribution >= 4 is 23.4 Å². The fourth-order valence-electron chi connectivity index (χ4n) is 0.920. The molecule has 0 radical (unpaired) electrons. The van der Waals surface area contributed by atoms with E-state index >= 15 is 0 Å². The summed E-state index contributed by atoms with van der Waals surface area (Å²) in [6.45, 7) is 6.14. The second kappa shape index (κ2) is 4.79. The molecule has 4 nitrogen and oxygen atoms in total. The lowest BCUT2D eigenvalue weighted by molar-refractivity contribution is 0.0696. The molecular formula is C10H11ClN2O2. The lowest BCUT2D eigenvalue weighted by Gasteiger charge is -2.07. The zero-order chi connectivity index (χ0) is 11.4. The molecule has 0 amide bonds. The van der Waals surface area contributed by atoms with Crippen molar-refractivity contribution in [2.24, 2.45) is 0 Å². The van der Waals surface area contributed by atoms with Crippen LogP contribution >= 0.6 is 11.6 Å². The van der Waals surface area contributed by atoms with Gasteiger partial charge < -0.3 is 10.4 Å². The van der Waals surface area contributed by atoms with Crippen LogP contribution in [0.25, 0.3) is 0 Å². The Morgan fingerprint density at radius 1 is 1.73 bits per heavy atom. The van der Waals surface area contributed by atoms with Crippen LogP contribution in [0.3, 0.4) is 0 Å². The Hall–Kier alpha value is -1.55. The van der Waals surface area contributed by atoms with Gasteiger partial charge in [0, 0.05) is 12.7 Å². The maximum absolute atomic E-state index is 10.6. The summed E-state index contributed by atoms with van der Waals surface area (Å²) in [4.78, 5) is 14.5. The SMILES string of the molecule is C=C(C)CNc1ncc(C(=O)O)cc1Cl. The number of hydrogen-bond donors (Lipinski definition) is 2. The summed E-state index contributed by atoms with van der Waals surface area (Å²) in [7, 11) is 0. The molecular weight excluding hydrogens is 216 g/mol. The first-order valence-corrected chi connectivity index (χ1v) is 4.65. The molecule has 0 bridgehead atoms. The Balaban J connectivity index is 2.83. The van der Waals surface area contributed by atoms with E-state index in [4.69, 9.17) is 16.7 Å². The van der Waals surface area contributed by atoms with E-state index in [-0.39, 0.29) is 10.6 Å². The van der Waals surface area contributed by atoms with Crippen molar-refractivity contribution in [2.45, 2.75) is 6.92 Å². The van der Waals surface area contributed by atoms with E-state index < -0.39 is 5.97 Å². The van der Waals surface area contributed by atoms with Gasteiger partial charge in [-0.25, -0.2) is 9.78 Å². The Labute approximate surface area is 92.6 Å². The predicted molar refractivity (Wildman–Crippen MR) is 59.5 cm³/mol. The molecule has 1 aromatic rings. The molecule has 80 valence electrons. The molecule has 0 unspecified atom stereocenters. The smallest absolute Gasteiger partial charge is 0.337 e. The first kappa shape index (κ1) is 11.5. The molecule has 0 fully saturated rings. The van der Waals surface area contributed by atoms with Gasteiger partial charge in [0.2, 0.25) is 0 Å². The van der Waals surface area contributed by atoms with E-state index in [1.165, 1.54) is 12.3 Å². The molecule has 0 saturated heterocycles. The monoisotopic (exact) mass is 226 g/mol. The fourth-order valence-corrected chi connectivity index (χ4v) is 1.15. The number of halogens is 1. The minimum atomic E-state index is -1.05. The van der Waals surface area contributed by atoms with E-state index in [0.29, 0.717) is 12.4 Å². The van der Waals surface area contributed by atoms with Crippen molar-refractivity contribution < 1.29 is 9.90 Å². The average molecular weight is 227 g/mol. The molecule has 0 atom stereocenters. The van der Waals surface area contributed by atoms with Crippen molar-refractivity contribution in [1.82, 2.24) is 4.98 Å². The Bertz CT molecular complexity index is 404. The number of carbonyl (C=O) groups is 1. The van der Waals surface area contributed by atoms with Gasteiger partial charge in [0.15, 0.2) is 0 Å². The highest BCUT2D eigenvalue weighted by Gasteiger charge is 2.07. The van der Waals surface area contributed by atoms with Crippen LogP contribution < -0.4 is 5.32 Å². The van der Waals surface area contributed by atoms with Crippen LogP contribution in [0.4, 0.5) is 5.82 Å². The third-order valence-corrected chi connectivity index (χ3v) is 1.93. The van der Waals surface area contributed by atoms with Gasteiger partial charge in [-0.15, -0.1) is 0 Å². The minimum absolute atomic E-state index is 0.0703. The summed E-state index contributed by atoms with van der Waals surface area (Å²) in [5.74, 6) is -0.583. The molecule has 0 aliphatic heterocycles. The van der Waals surface area contributed by atoms with E-state index in [1.807, 2.05) is 6.92 Å². The lowest BCUT2D eigenvalue weighted by Crippen LogP contribution is -2.06. The lowest BCUT2D eigenvalue weighted by atomic mass is 10.3. The Morgan fingerprint density at radius 3 is 2.87 bits per heavy atom. The van der Waals surface area contributed by atoms with Crippen LogP contribution in [0.15, 0.2) is 24.4 Å². The largest absolute Gasteiger partial charge is 0.478 e. The molecule has 0 aromatic carbocycles. The quantitative estimate of drug-likeness (QED) is 0.774. The molecule has 1 aromatic heterocycles. The third kappa shape index (κ3) is 3.25. The molecule has 0 spiro atoms. The maximum Gasteiger partial charge on any atom is 0.337 e. The van der Waals surface area contributed by atoms with Crippen LogP contribution in [-0.2, 0) is 0 Å². The molecule has 1 heterocycles. The normalized spacial score (nSPS) is 9.73. The van der Waals surface area contributed by atoms with E-state index in [2.05, 4.69) is 16.9 Å². The summed E-state index contributed by atoms with van der Waals surface area (Å²) in [6, 6.07) is 1.36. The van der Waals surface area contributed by atoms with E-state index in [1.54, 1.807) is 0 Å². The van der Waals surface area contributed by atoms with Gasteiger partial charge in [-0.1, -0.05) is 23.8 Å². The topological polar surface area (TPSA) is 62.2 Å². The van der Waals surface area contributed by atoms with Crippen molar-refractivity contribution in [3.05, 3.63) is 35.0 Å². The molecule has 5 heteroatoms. The van der Waals surface area contributed by atoms with Crippen LogP contribution in [0, 0.1) is 0 Å². The second-order valence-corrected chi connectivity index (χ2v) is 3.58. The van der Waals surface area contributed by atoms with Crippen molar-refractivity contribution in [3.8, 4) is 0 Å². The summed E-state index contributed by atoms with van der Waals surface area (Å²) >= 11 is 5.84. The number of carboxylic acids is 1. The maximum atomic E-state index is 10.6. The highest BCUT2D eigenvalue weighted by atomic mass is 35.5. The molecule has 0 saturated carbocycles. The number of aromatic carboxylic acids is 1. The van der Waals surface area contributed by atoms with Crippen LogP contribution in [0.2, 0.25) is 5.02 Å². The van der Waals surface area contributed by atoms with Crippen LogP contribution in [0.1, 0.15) is 17.3 Å². The first-order chi connectivity index (χ1) is 7.00. The zero-order valence-electron chi connectivity index (χ0n) is 8.25. The number of nitrogens with zero attached hydrogens (tertiary/aromatic N) is 1. The van der Waals surface area contributed by atoms with E-state index in [0.717, 1.165) is 5.57 Å². The van der Waals surface area contributed by atoms with Gasteiger partial charge in [-0.3, -0.25) is 0 Å². The number of aromatic nitrogens is 1. The zero-order valence-corrected chi connectivity index (χ0v) is 9.01. The van der Waals surface area contributed by atoms with Crippen LogP contribution in [-0.4, -0.2) is 22.6 Å². The molecule has 1 rings (SSSR count). The highest BCUT2D eigenvalue weighted by molar-refractivity contribution is 6.33. The first-order valence-electron chi connectivity index (χ1n) is 4.28. The number of nitrogens with one attached hydrogen (secondary N) is 1. The molecule has 0 aliphatic carbocycles. The Kier molecular flexibility index (Phi) is 3.68. The van der Waals surface area contributed by atoms with Crippen molar-refractivity contribution in [3.63, 3.8) is 0 Å². The molecule has 0 aliphatic rings.